The van der Waals surface area contributed by atoms with Gasteiger partial charge in [0.25, 0.3) is 0 Å². The lowest BCUT2D eigenvalue weighted by Gasteiger charge is -1.97. The van der Waals surface area contributed by atoms with E-state index in [0.29, 0.717) is 11.5 Å². The van der Waals surface area contributed by atoms with Crippen molar-refractivity contribution in [3.63, 3.8) is 0 Å². The number of benzene rings is 2. The monoisotopic (exact) mass is 244 g/mol. The molecule has 0 unspecified atom stereocenters. The molecule has 0 radical (unpaired) electrons. The number of aromatic hydroxyl groups is 2. The number of hydrogen-bond acceptors (Lipinski definition) is 2. The van der Waals surface area contributed by atoms with Crippen molar-refractivity contribution in [2.24, 2.45) is 0 Å². The van der Waals surface area contributed by atoms with E-state index in [9.17, 15) is 0 Å². The van der Waals surface area contributed by atoms with Gasteiger partial charge in [-0.1, -0.05) is 25.1 Å². The van der Waals surface area contributed by atoms with E-state index in [-0.39, 0.29) is 0 Å². The van der Waals surface area contributed by atoms with Gasteiger partial charge in [-0.3, -0.25) is 0 Å². The molecule has 96 valence electrons. The highest BCUT2D eigenvalue weighted by Gasteiger charge is 1.91. The van der Waals surface area contributed by atoms with Crippen LogP contribution < -0.4 is 0 Å². The van der Waals surface area contributed by atoms with Gasteiger partial charge in [0.1, 0.15) is 11.5 Å². The molecule has 2 N–H and O–H groups in total. The average Bonchev–Trinajstić information content (AvgIpc) is 2.35. The minimum atomic E-state index is 0.345. The molecule has 2 heteroatoms. The average molecular weight is 244 g/mol. The predicted octanol–water partition coefficient (Wildman–Crippen LogP) is 3.96. The van der Waals surface area contributed by atoms with Gasteiger partial charge in [-0.2, -0.15) is 0 Å². The van der Waals surface area contributed by atoms with Crippen LogP contribution >= 0.6 is 0 Å². The second kappa shape index (κ2) is 6.70. The van der Waals surface area contributed by atoms with Crippen LogP contribution in [0.4, 0.5) is 0 Å². The minimum absolute atomic E-state index is 0.345. The first kappa shape index (κ1) is 14.1. The maximum Gasteiger partial charge on any atom is 0.115 e. The van der Waals surface area contributed by atoms with Gasteiger partial charge in [-0.05, 0) is 61.2 Å². The van der Waals surface area contributed by atoms with Crippen LogP contribution in [0.2, 0.25) is 0 Å². The molecule has 0 aromatic heterocycles. The Kier molecular flexibility index (Phi) is 5.25. The number of phenolic OH excluding ortho intramolecular Hbond substituents is 2. The molecule has 2 aromatic rings. The SMILES string of the molecule is CCc1cccc(O)c1.Cc1ccc(O)cc1C. The van der Waals surface area contributed by atoms with Crippen molar-refractivity contribution in [3.8, 4) is 11.5 Å². The van der Waals surface area contributed by atoms with E-state index in [2.05, 4.69) is 6.92 Å². The topological polar surface area (TPSA) is 40.5 Å². The van der Waals surface area contributed by atoms with E-state index in [1.54, 1.807) is 24.3 Å². The van der Waals surface area contributed by atoms with Crippen LogP contribution in [0.1, 0.15) is 23.6 Å². The third-order valence-corrected chi connectivity index (χ3v) is 2.81. The second-order valence-electron chi connectivity index (χ2n) is 4.29. The van der Waals surface area contributed by atoms with Crippen molar-refractivity contribution >= 4 is 0 Å². The van der Waals surface area contributed by atoms with Crippen LogP contribution in [0.15, 0.2) is 42.5 Å². The van der Waals surface area contributed by atoms with Crippen LogP contribution in [0, 0.1) is 13.8 Å². The zero-order valence-corrected chi connectivity index (χ0v) is 11.1. The lowest BCUT2D eigenvalue weighted by Crippen LogP contribution is -1.76. The fourth-order valence-corrected chi connectivity index (χ4v) is 1.50. The molecule has 2 aromatic carbocycles. The molecule has 0 atom stereocenters. The molecule has 0 fully saturated rings. The summed E-state index contributed by atoms with van der Waals surface area (Å²) in [5.74, 6) is 0.701. The lowest BCUT2D eigenvalue weighted by atomic mass is 10.1. The van der Waals surface area contributed by atoms with E-state index in [1.165, 1.54) is 11.1 Å². The van der Waals surface area contributed by atoms with Crippen LogP contribution in [-0.4, -0.2) is 10.2 Å². The number of rotatable bonds is 1. The molecule has 0 bridgehead atoms. The maximum atomic E-state index is 8.94. The standard InChI is InChI=1S/2C8H10O/c1-6-3-4-8(9)5-7(6)2;1-2-7-4-3-5-8(9)6-7/h3-5,9H,1-2H3;3-6,9H,2H2,1H3. The van der Waals surface area contributed by atoms with Gasteiger partial charge in [-0.25, -0.2) is 0 Å². The Morgan fingerprint density at radius 2 is 1.50 bits per heavy atom. The molecule has 0 saturated heterocycles. The minimum Gasteiger partial charge on any atom is -0.508 e. The Hall–Kier alpha value is -1.96. The number of hydrogen-bond donors (Lipinski definition) is 2. The van der Waals surface area contributed by atoms with E-state index in [1.807, 2.05) is 32.0 Å². The summed E-state index contributed by atoms with van der Waals surface area (Å²) in [6, 6.07) is 12.7. The Morgan fingerprint density at radius 1 is 0.833 bits per heavy atom. The Bertz CT molecular complexity index is 504. The van der Waals surface area contributed by atoms with Crippen molar-refractivity contribution in [2.45, 2.75) is 27.2 Å². The van der Waals surface area contributed by atoms with Crippen LogP contribution in [-0.2, 0) is 6.42 Å². The Labute approximate surface area is 109 Å². The normalized spacial score (nSPS) is 9.50. The van der Waals surface area contributed by atoms with Crippen molar-refractivity contribution in [3.05, 3.63) is 59.2 Å². The molecule has 2 rings (SSSR count). The second-order valence-corrected chi connectivity index (χ2v) is 4.29. The molecule has 0 aliphatic rings. The Morgan fingerprint density at radius 3 is 1.94 bits per heavy atom. The molecule has 0 spiro atoms. The highest BCUT2D eigenvalue weighted by Crippen LogP contribution is 2.13. The molecule has 2 nitrogen and oxygen atoms in total. The quantitative estimate of drug-likeness (QED) is 0.797. The van der Waals surface area contributed by atoms with Gasteiger partial charge >= 0.3 is 0 Å². The summed E-state index contributed by atoms with van der Waals surface area (Å²) in [7, 11) is 0. The van der Waals surface area contributed by atoms with E-state index < -0.39 is 0 Å². The first-order valence-electron chi connectivity index (χ1n) is 6.07. The van der Waals surface area contributed by atoms with Gasteiger partial charge in [0.2, 0.25) is 0 Å². The fraction of sp³-hybridized carbons (Fsp3) is 0.250. The maximum absolute atomic E-state index is 8.94. The van der Waals surface area contributed by atoms with Crippen LogP contribution in [0.3, 0.4) is 0 Å². The van der Waals surface area contributed by atoms with Gasteiger partial charge in [-0.15, -0.1) is 0 Å². The number of phenols is 2. The summed E-state index contributed by atoms with van der Waals surface area (Å²) in [6.45, 7) is 6.07. The summed E-state index contributed by atoms with van der Waals surface area (Å²) in [5, 5.41) is 17.9. The largest absolute Gasteiger partial charge is 0.508 e. The first-order valence-corrected chi connectivity index (χ1v) is 6.07. The van der Waals surface area contributed by atoms with E-state index >= 15 is 0 Å². The lowest BCUT2D eigenvalue weighted by molar-refractivity contribution is 0.474. The van der Waals surface area contributed by atoms with Crippen LogP contribution in [0.5, 0.6) is 11.5 Å². The molecule has 0 heterocycles. The molecule has 0 aliphatic carbocycles. The highest BCUT2D eigenvalue weighted by molar-refractivity contribution is 5.32. The molecular formula is C16H20O2. The molecule has 0 aliphatic heterocycles. The molecule has 0 amide bonds. The highest BCUT2D eigenvalue weighted by atomic mass is 16.3. The predicted molar refractivity (Wildman–Crippen MR) is 75.1 cm³/mol. The van der Waals surface area contributed by atoms with Crippen molar-refractivity contribution in [1.29, 1.82) is 0 Å². The van der Waals surface area contributed by atoms with E-state index in [4.69, 9.17) is 10.2 Å². The zero-order chi connectivity index (χ0) is 13.5. The van der Waals surface area contributed by atoms with Crippen LogP contribution in [0.25, 0.3) is 0 Å². The smallest absolute Gasteiger partial charge is 0.115 e. The third-order valence-electron chi connectivity index (χ3n) is 2.81. The summed E-state index contributed by atoms with van der Waals surface area (Å²) >= 11 is 0. The van der Waals surface area contributed by atoms with Gasteiger partial charge in [0, 0.05) is 0 Å². The van der Waals surface area contributed by atoms with Crippen molar-refractivity contribution < 1.29 is 10.2 Å². The summed E-state index contributed by atoms with van der Waals surface area (Å²) in [6.07, 6.45) is 0.981. The van der Waals surface area contributed by atoms with Gasteiger partial charge < -0.3 is 10.2 Å². The van der Waals surface area contributed by atoms with Gasteiger partial charge in [0.15, 0.2) is 0 Å². The third kappa shape index (κ3) is 4.50. The Balaban J connectivity index is 0.000000180. The first-order chi connectivity index (χ1) is 8.52. The summed E-state index contributed by atoms with van der Waals surface area (Å²) < 4.78 is 0. The fourth-order valence-electron chi connectivity index (χ4n) is 1.50. The molecule has 18 heavy (non-hydrogen) atoms. The van der Waals surface area contributed by atoms with Crippen molar-refractivity contribution in [2.75, 3.05) is 0 Å². The van der Waals surface area contributed by atoms with Crippen molar-refractivity contribution in [1.82, 2.24) is 0 Å². The summed E-state index contributed by atoms with van der Waals surface area (Å²) in [5.41, 5.74) is 3.53. The van der Waals surface area contributed by atoms with E-state index in [0.717, 1.165) is 12.0 Å². The number of aryl methyl sites for hydroxylation is 3. The van der Waals surface area contributed by atoms with Gasteiger partial charge in [0.05, 0.1) is 0 Å². The molecular weight excluding hydrogens is 224 g/mol. The summed E-state index contributed by atoms with van der Waals surface area (Å²) in [4.78, 5) is 0. The molecule has 0 saturated carbocycles. The zero-order valence-electron chi connectivity index (χ0n) is 11.1.